The van der Waals surface area contributed by atoms with Crippen LogP contribution < -0.4 is 4.90 Å². The van der Waals surface area contributed by atoms with Gasteiger partial charge in [0.2, 0.25) is 0 Å². The zero-order valence-electron chi connectivity index (χ0n) is 14.7. The fraction of sp³-hybridized carbons (Fsp3) is 0.250. The van der Waals surface area contributed by atoms with Crippen LogP contribution in [0.1, 0.15) is 16.8 Å². The molecular formula is C20H19ClN4OS. The van der Waals surface area contributed by atoms with Gasteiger partial charge in [0.25, 0.3) is 5.91 Å². The molecule has 3 heterocycles. The highest BCUT2D eigenvalue weighted by Gasteiger charge is 2.22. The van der Waals surface area contributed by atoms with Crippen LogP contribution in [-0.4, -0.2) is 47.0 Å². The van der Waals surface area contributed by atoms with E-state index in [-0.39, 0.29) is 5.91 Å². The van der Waals surface area contributed by atoms with Gasteiger partial charge in [-0.05, 0) is 30.2 Å². The van der Waals surface area contributed by atoms with Crippen LogP contribution in [0, 0.1) is 0 Å². The van der Waals surface area contributed by atoms with Gasteiger partial charge in [-0.2, -0.15) is 0 Å². The second-order valence-corrected chi connectivity index (χ2v) is 7.73. The van der Waals surface area contributed by atoms with Gasteiger partial charge in [-0.3, -0.25) is 9.78 Å². The molecule has 138 valence electrons. The third-order valence-corrected chi connectivity index (χ3v) is 5.72. The van der Waals surface area contributed by atoms with Crippen LogP contribution in [0.25, 0.3) is 11.1 Å². The monoisotopic (exact) mass is 398 g/mol. The fourth-order valence-corrected chi connectivity index (χ4v) is 4.05. The summed E-state index contributed by atoms with van der Waals surface area (Å²) in [7, 11) is 0. The zero-order chi connectivity index (χ0) is 18.6. The number of amides is 1. The smallest absolute Gasteiger partial charge is 0.255 e. The van der Waals surface area contributed by atoms with E-state index in [0.717, 1.165) is 42.3 Å². The summed E-state index contributed by atoms with van der Waals surface area (Å²) in [6.07, 6.45) is 6.16. The molecule has 3 aromatic rings. The average Bonchev–Trinajstić information content (AvgIpc) is 3.13. The molecule has 7 heteroatoms. The van der Waals surface area contributed by atoms with E-state index in [1.807, 2.05) is 46.8 Å². The van der Waals surface area contributed by atoms with Gasteiger partial charge in [0.05, 0.1) is 5.56 Å². The number of hydrogen-bond acceptors (Lipinski definition) is 5. The van der Waals surface area contributed by atoms with E-state index >= 15 is 0 Å². The number of halogens is 1. The summed E-state index contributed by atoms with van der Waals surface area (Å²) in [5, 5.41) is 3.70. The number of carbonyl (C=O) groups excluding carboxylic acids is 1. The normalized spacial score (nSPS) is 14.9. The van der Waals surface area contributed by atoms with Gasteiger partial charge in [-0.25, -0.2) is 4.98 Å². The average molecular weight is 399 g/mol. The minimum absolute atomic E-state index is 0.0271. The van der Waals surface area contributed by atoms with E-state index < -0.39 is 0 Å². The van der Waals surface area contributed by atoms with Gasteiger partial charge in [0.1, 0.15) is 0 Å². The molecule has 0 unspecified atom stereocenters. The van der Waals surface area contributed by atoms with Crippen molar-refractivity contribution in [3.63, 3.8) is 0 Å². The predicted molar refractivity (Wildman–Crippen MR) is 110 cm³/mol. The van der Waals surface area contributed by atoms with Crippen molar-refractivity contribution in [3.8, 4) is 11.1 Å². The van der Waals surface area contributed by atoms with Crippen LogP contribution in [0.3, 0.4) is 0 Å². The molecule has 1 fully saturated rings. The number of nitrogens with zero attached hydrogens (tertiary/aromatic N) is 4. The molecule has 0 aliphatic carbocycles. The molecule has 0 atom stereocenters. The Morgan fingerprint density at radius 3 is 2.67 bits per heavy atom. The second-order valence-electron chi connectivity index (χ2n) is 6.42. The molecule has 0 bridgehead atoms. The Morgan fingerprint density at radius 1 is 1.04 bits per heavy atom. The minimum Gasteiger partial charge on any atom is -0.346 e. The van der Waals surface area contributed by atoms with E-state index in [2.05, 4.69) is 14.9 Å². The summed E-state index contributed by atoms with van der Waals surface area (Å²) in [5.41, 5.74) is 2.52. The summed E-state index contributed by atoms with van der Waals surface area (Å²) in [6, 6.07) is 9.46. The highest BCUT2D eigenvalue weighted by Crippen LogP contribution is 2.23. The summed E-state index contributed by atoms with van der Waals surface area (Å²) in [5.74, 6) is 0.0271. The maximum atomic E-state index is 13.0. The van der Waals surface area contributed by atoms with Crippen LogP contribution >= 0.6 is 22.9 Å². The fourth-order valence-electron chi connectivity index (χ4n) is 3.22. The number of aromatic nitrogens is 2. The molecule has 1 saturated heterocycles. The number of thiazole rings is 1. The van der Waals surface area contributed by atoms with Crippen molar-refractivity contribution < 1.29 is 4.79 Å². The highest BCUT2D eigenvalue weighted by atomic mass is 35.5. The number of benzene rings is 1. The van der Waals surface area contributed by atoms with Crippen molar-refractivity contribution in [2.45, 2.75) is 6.42 Å². The molecule has 1 aliphatic rings. The number of hydrogen-bond donors (Lipinski definition) is 0. The minimum atomic E-state index is 0.0271. The van der Waals surface area contributed by atoms with E-state index in [9.17, 15) is 4.79 Å². The van der Waals surface area contributed by atoms with Crippen LogP contribution in [-0.2, 0) is 0 Å². The third kappa shape index (κ3) is 4.12. The number of anilines is 1. The SMILES string of the molecule is O=C(c1cncc(-c2ccc(Cl)cc2)c1)N1CCCN(c2nccs2)CC1. The van der Waals surface area contributed by atoms with Crippen LogP contribution in [0.4, 0.5) is 5.13 Å². The molecule has 1 aromatic carbocycles. The molecule has 0 N–H and O–H groups in total. The van der Waals surface area contributed by atoms with E-state index in [0.29, 0.717) is 17.1 Å². The Hall–Kier alpha value is -2.44. The van der Waals surface area contributed by atoms with Crippen molar-refractivity contribution in [3.05, 3.63) is 64.9 Å². The molecule has 27 heavy (non-hydrogen) atoms. The first kappa shape index (κ1) is 17.9. The molecule has 4 rings (SSSR count). The maximum absolute atomic E-state index is 13.0. The molecule has 0 saturated carbocycles. The lowest BCUT2D eigenvalue weighted by molar-refractivity contribution is 0.0766. The summed E-state index contributed by atoms with van der Waals surface area (Å²) in [4.78, 5) is 25.8. The van der Waals surface area contributed by atoms with Crippen LogP contribution in [0.15, 0.2) is 54.3 Å². The lowest BCUT2D eigenvalue weighted by Crippen LogP contribution is -2.35. The largest absolute Gasteiger partial charge is 0.346 e. The molecular weight excluding hydrogens is 380 g/mol. The van der Waals surface area contributed by atoms with E-state index in [1.165, 1.54) is 0 Å². The summed E-state index contributed by atoms with van der Waals surface area (Å²) >= 11 is 7.60. The number of rotatable bonds is 3. The van der Waals surface area contributed by atoms with Crippen molar-refractivity contribution >= 4 is 34.0 Å². The van der Waals surface area contributed by atoms with Crippen molar-refractivity contribution in [1.82, 2.24) is 14.9 Å². The van der Waals surface area contributed by atoms with Gasteiger partial charge in [0, 0.05) is 60.7 Å². The van der Waals surface area contributed by atoms with Gasteiger partial charge < -0.3 is 9.80 Å². The molecule has 1 amide bonds. The van der Waals surface area contributed by atoms with E-state index in [4.69, 9.17) is 11.6 Å². The second kappa shape index (κ2) is 8.06. The lowest BCUT2D eigenvalue weighted by atomic mass is 10.1. The summed E-state index contributed by atoms with van der Waals surface area (Å²) < 4.78 is 0. The standard InChI is InChI=1S/C20H19ClN4OS/c21-18-4-2-15(3-5-18)16-12-17(14-22-13-16)19(26)24-7-1-8-25(10-9-24)20-23-6-11-27-20/h2-6,11-14H,1,7-10H2. The first-order chi connectivity index (χ1) is 13.2. The zero-order valence-corrected chi connectivity index (χ0v) is 16.3. The molecule has 5 nitrogen and oxygen atoms in total. The maximum Gasteiger partial charge on any atom is 0.255 e. The predicted octanol–water partition coefficient (Wildman–Crippen LogP) is 4.21. The Balaban J connectivity index is 1.49. The Morgan fingerprint density at radius 2 is 1.89 bits per heavy atom. The topological polar surface area (TPSA) is 49.3 Å². The highest BCUT2D eigenvalue weighted by molar-refractivity contribution is 7.13. The molecule has 1 aliphatic heterocycles. The Bertz CT molecular complexity index is 914. The number of carbonyl (C=O) groups is 1. The van der Waals surface area contributed by atoms with Crippen molar-refractivity contribution in [1.29, 1.82) is 0 Å². The van der Waals surface area contributed by atoms with Crippen LogP contribution in [0.2, 0.25) is 5.02 Å². The van der Waals surface area contributed by atoms with Crippen LogP contribution in [0.5, 0.6) is 0 Å². The van der Waals surface area contributed by atoms with Gasteiger partial charge in [-0.15, -0.1) is 11.3 Å². The van der Waals surface area contributed by atoms with E-state index in [1.54, 1.807) is 23.7 Å². The Kier molecular flexibility index (Phi) is 5.36. The molecule has 2 aromatic heterocycles. The van der Waals surface area contributed by atoms with Gasteiger partial charge in [0.15, 0.2) is 5.13 Å². The third-order valence-electron chi connectivity index (χ3n) is 4.64. The summed E-state index contributed by atoms with van der Waals surface area (Å²) in [6.45, 7) is 3.14. The van der Waals surface area contributed by atoms with Gasteiger partial charge >= 0.3 is 0 Å². The number of pyridine rings is 1. The van der Waals surface area contributed by atoms with Crippen molar-refractivity contribution in [2.75, 3.05) is 31.1 Å². The molecule has 0 radical (unpaired) electrons. The first-order valence-corrected chi connectivity index (χ1v) is 10.1. The van der Waals surface area contributed by atoms with Gasteiger partial charge in [-0.1, -0.05) is 23.7 Å². The quantitative estimate of drug-likeness (QED) is 0.663. The molecule has 0 spiro atoms. The first-order valence-electron chi connectivity index (χ1n) is 8.85. The Labute approximate surface area is 167 Å². The van der Waals surface area contributed by atoms with Crippen molar-refractivity contribution in [2.24, 2.45) is 0 Å². The lowest BCUT2D eigenvalue weighted by Gasteiger charge is -2.21.